The number of H-pyrrole nitrogens is 1. The molecule has 0 amide bonds. The summed E-state index contributed by atoms with van der Waals surface area (Å²) >= 11 is 1.74. The Morgan fingerprint density at radius 2 is 2.00 bits per heavy atom. The van der Waals surface area contributed by atoms with E-state index < -0.39 is 31.0 Å². The van der Waals surface area contributed by atoms with Gasteiger partial charge >= 0.3 is 0 Å². The van der Waals surface area contributed by atoms with E-state index in [4.69, 9.17) is 5.11 Å². The average Bonchev–Trinajstić information content (AvgIpc) is 3.04. The number of fused-ring (bicyclic) bond motifs is 1. The van der Waals surface area contributed by atoms with Gasteiger partial charge in [0.2, 0.25) is 5.95 Å². The Kier molecular flexibility index (Phi) is 7.36. The number of imidazole rings is 1. The minimum atomic E-state index is -1.69. The largest absolute Gasteiger partial charge is 0.394 e. The number of aromatic nitrogens is 2. The van der Waals surface area contributed by atoms with Crippen LogP contribution in [0.1, 0.15) is 13.3 Å². The van der Waals surface area contributed by atoms with Crippen LogP contribution in [0.25, 0.3) is 11.0 Å². The maximum atomic E-state index is 9.81. The lowest BCUT2D eigenvalue weighted by molar-refractivity contribution is -0.0999. The quantitative estimate of drug-likeness (QED) is 0.274. The van der Waals surface area contributed by atoms with E-state index in [-0.39, 0.29) is 5.95 Å². The number of rotatable bonds is 9. The second-order valence-electron chi connectivity index (χ2n) is 5.59. The third-order valence-corrected chi connectivity index (χ3v) is 4.74. The molecule has 138 valence electrons. The molecule has 0 spiro atoms. The highest BCUT2D eigenvalue weighted by Gasteiger charge is 2.29. The van der Waals surface area contributed by atoms with Crippen LogP contribution in [0.5, 0.6) is 0 Å². The Morgan fingerprint density at radius 3 is 2.68 bits per heavy atom. The number of hydrogen-bond acceptors (Lipinski definition) is 8. The minimum absolute atomic E-state index is 0.246. The van der Waals surface area contributed by atoms with E-state index in [1.165, 1.54) is 0 Å². The lowest BCUT2D eigenvalue weighted by atomic mass is 10.0. The summed E-state index contributed by atoms with van der Waals surface area (Å²) < 4.78 is 0. The highest BCUT2D eigenvalue weighted by Crippen LogP contribution is 2.24. The molecule has 0 fully saturated rings. The Hall–Kier alpha value is -1.49. The van der Waals surface area contributed by atoms with Gasteiger partial charge in [0.25, 0.3) is 0 Å². The van der Waals surface area contributed by atoms with Crippen molar-refractivity contribution in [2.24, 2.45) is 4.99 Å². The first kappa shape index (κ1) is 19.8. The van der Waals surface area contributed by atoms with Gasteiger partial charge < -0.3 is 30.5 Å². The molecule has 0 aliphatic heterocycles. The Morgan fingerprint density at radius 1 is 1.24 bits per heavy atom. The third kappa shape index (κ3) is 5.24. The van der Waals surface area contributed by atoms with Crippen LogP contribution >= 0.6 is 11.8 Å². The molecule has 9 heteroatoms. The number of benzene rings is 1. The lowest BCUT2D eigenvalue weighted by Crippen LogP contribution is -2.46. The highest BCUT2D eigenvalue weighted by atomic mass is 32.2. The van der Waals surface area contributed by atoms with Crippen molar-refractivity contribution < 1.29 is 25.5 Å². The van der Waals surface area contributed by atoms with Gasteiger partial charge in [-0.1, -0.05) is 6.92 Å². The number of thioether (sulfide) groups is 1. The van der Waals surface area contributed by atoms with E-state index in [9.17, 15) is 20.4 Å². The van der Waals surface area contributed by atoms with Gasteiger partial charge in [-0.3, -0.25) is 0 Å². The molecule has 2 rings (SSSR count). The molecule has 0 saturated carbocycles. The second kappa shape index (κ2) is 9.27. The molecule has 6 N–H and O–H groups in total. The molecule has 4 unspecified atom stereocenters. The Balaban J connectivity index is 2.07. The topological polar surface area (TPSA) is 142 Å². The summed E-state index contributed by atoms with van der Waals surface area (Å²) in [5.41, 5.74) is 1.53. The van der Waals surface area contributed by atoms with E-state index in [0.29, 0.717) is 0 Å². The number of aliphatic hydroxyl groups excluding tert-OH is 5. The zero-order valence-electron chi connectivity index (χ0n) is 13.8. The molecule has 0 radical (unpaired) electrons. The Bertz CT molecular complexity index is 708. The van der Waals surface area contributed by atoms with Gasteiger partial charge in [0, 0.05) is 11.1 Å². The summed E-state index contributed by atoms with van der Waals surface area (Å²) in [6, 6.07) is 5.81. The summed E-state index contributed by atoms with van der Waals surface area (Å²) in [6.45, 7) is 1.38. The zero-order valence-corrected chi connectivity index (χ0v) is 14.6. The summed E-state index contributed by atoms with van der Waals surface area (Å²) in [4.78, 5) is 12.3. The fraction of sp³-hybridized carbons (Fsp3) is 0.500. The van der Waals surface area contributed by atoms with Gasteiger partial charge in [0.15, 0.2) is 0 Å². The standard InChI is InChI=1S/C16H23N3O5S/c1-2-5-25-9-3-4-10-11(6-9)19-16(18-10)17-7-12(21)14(23)15(24)13(22)8-20/h3-4,6-7,12-15,20-24H,2,5,8H2,1H3,(H,18,19). The number of nitrogens with one attached hydrogen (secondary N) is 1. The predicted octanol–water partition coefficient (Wildman–Crippen LogP) is 0.203. The first-order chi connectivity index (χ1) is 12.0. The SMILES string of the molecule is CCCSc1ccc2nc(N=CC(O)C(O)C(O)C(O)CO)[nH]c2c1. The van der Waals surface area contributed by atoms with Gasteiger partial charge in [-0.15, -0.1) is 11.8 Å². The maximum Gasteiger partial charge on any atom is 0.227 e. The predicted molar refractivity (Wildman–Crippen MR) is 96.4 cm³/mol. The van der Waals surface area contributed by atoms with Gasteiger partial charge in [0.1, 0.15) is 24.4 Å². The molecule has 0 aliphatic rings. The summed E-state index contributed by atoms with van der Waals surface area (Å²) in [5, 5.41) is 47.1. The van der Waals surface area contributed by atoms with Crippen LogP contribution in [0.15, 0.2) is 28.1 Å². The molecule has 25 heavy (non-hydrogen) atoms. The van der Waals surface area contributed by atoms with Gasteiger partial charge in [-0.25, -0.2) is 9.98 Å². The smallest absolute Gasteiger partial charge is 0.227 e. The van der Waals surface area contributed by atoms with Crippen molar-refractivity contribution in [2.45, 2.75) is 42.7 Å². The van der Waals surface area contributed by atoms with E-state index in [2.05, 4.69) is 21.9 Å². The van der Waals surface area contributed by atoms with Crippen LogP contribution in [-0.4, -0.2) is 78.5 Å². The van der Waals surface area contributed by atoms with E-state index in [1.54, 1.807) is 11.8 Å². The summed E-state index contributed by atoms with van der Waals surface area (Å²) in [6.07, 6.45) is -4.36. The van der Waals surface area contributed by atoms with Gasteiger partial charge in [-0.05, 0) is 30.4 Å². The molecule has 1 aromatic carbocycles. The van der Waals surface area contributed by atoms with Gasteiger partial charge in [0.05, 0.1) is 17.6 Å². The number of aliphatic hydroxyl groups is 5. The molecule has 0 saturated heterocycles. The minimum Gasteiger partial charge on any atom is -0.394 e. The van der Waals surface area contributed by atoms with Crippen molar-refractivity contribution in [3.05, 3.63) is 18.2 Å². The molecule has 1 heterocycles. The number of aliphatic imine (C=N–C) groups is 1. The molecular weight excluding hydrogens is 346 g/mol. The normalized spacial score (nSPS) is 17.0. The lowest BCUT2D eigenvalue weighted by Gasteiger charge is -2.23. The van der Waals surface area contributed by atoms with Crippen LogP contribution in [0, 0.1) is 0 Å². The fourth-order valence-corrected chi connectivity index (χ4v) is 2.92. The van der Waals surface area contributed by atoms with Crippen molar-refractivity contribution in [3.63, 3.8) is 0 Å². The molecule has 0 bridgehead atoms. The monoisotopic (exact) mass is 369 g/mol. The fourth-order valence-electron chi connectivity index (χ4n) is 2.12. The summed E-state index contributed by atoms with van der Waals surface area (Å²) in [5.74, 6) is 1.27. The first-order valence-electron chi connectivity index (χ1n) is 7.96. The molecule has 1 aromatic heterocycles. The van der Waals surface area contributed by atoms with Crippen molar-refractivity contribution in [1.82, 2.24) is 9.97 Å². The Labute approximate surface area is 149 Å². The van der Waals surface area contributed by atoms with Crippen LogP contribution in [0.4, 0.5) is 5.95 Å². The van der Waals surface area contributed by atoms with Crippen molar-refractivity contribution in [3.8, 4) is 0 Å². The van der Waals surface area contributed by atoms with E-state index in [0.717, 1.165) is 34.3 Å². The van der Waals surface area contributed by atoms with Crippen molar-refractivity contribution in [2.75, 3.05) is 12.4 Å². The number of nitrogens with zero attached hydrogens (tertiary/aromatic N) is 2. The first-order valence-corrected chi connectivity index (χ1v) is 8.94. The average molecular weight is 369 g/mol. The zero-order chi connectivity index (χ0) is 18.4. The molecule has 0 aliphatic carbocycles. The number of hydrogen-bond donors (Lipinski definition) is 6. The summed E-state index contributed by atoms with van der Waals surface area (Å²) in [7, 11) is 0. The molecule has 2 aromatic rings. The van der Waals surface area contributed by atoms with Crippen LogP contribution < -0.4 is 0 Å². The van der Waals surface area contributed by atoms with Crippen LogP contribution in [0.2, 0.25) is 0 Å². The van der Waals surface area contributed by atoms with Crippen molar-refractivity contribution in [1.29, 1.82) is 0 Å². The maximum absolute atomic E-state index is 9.81. The van der Waals surface area contributed by atoms with Crippen LogP contribution in [0.3, 0.4) is 0 Å². The van der Waals surface area contributed by atoms with Crippen LogP contribution in [-0.2, 0) is 0 Å². The molecule has 8 nitrogen and oxygen atoms in total. The second-order valence-corrected chi connectivity index (χ2v) is 6.76. The van der Waals surface area contributed by atoms with Crippen molar-refractivity contribution >= 4 is 35.0 Å². The molecular formula is C16H23N3O5S. The van der Waals surface area contributed by atoms with E-state index >= 15 is 0 Å². The number of aromatic amines is 1. The van der Waals surface area contributed by atoms with E-state index in [1.807, 2.05) is 18.2 Å². The molecule has 4 atom stereocenters. The van der Waals surface area contributed by atoms with Gasteiger partial charge in [-0.2, -0.15) is 0 Å². The highest BCUT2D eigenvalue weighted by molar-refractivity contribution is 7.99. The third-order valence-electron chi connectivity index (χ3n) is 3.54.